The first-order valence-electron chi connectivity index (χ1n) is 14.4. The lowest BCUT2D eigenvalue weighted by Gasteiger charge is -2.32. The maximum absolute atomic E-state index is 12.9. The Morgan fingerprint density at radius 3 is 2.35 bits per heavy atom. The predicted molar refractivity (Wildman–Crippen MR) is 162 cm³/mol. The van der Waals surface area contributed by atoms with Gasteiger partial charge in [0.25, 0.3) is 0 Å². The molecule has 3 aromatic carbocycles. The average Bonchev–Trinajstić information content (AvgIpc) is 3.57. The minimum Gasteiger partial charge on any atom is -0.444 e. The summed E-state index contributed by atoms with van der Waals surface area (Å²) in [5, 5.41) is 2.33. The Kier molecular flexibility index (Phi) is 6.39. The van der Waals surface area contributed by atoms with Crippen LogP contribution in [0.2, 0.25) is 0 Å². The molecule has 6 nitrogen and oxygen atoms in total. The van der Waals surface area contributed by atoms with E-state index in [2.05, 4.69) is 82.3 Å². The van der Waals surface area contributed by atoms with Crippen LogP contribution >= 0.6 is 0 Å². The van der Waals surface area contributed by atoms with Gasteiger partial charge in [-0.05, 0) is 112 Å². The van der Waals surface area contributed by atoms with Crippen LogP contribution in [0.1, 0.15) is 66.9 Å². The molecule has 3 aliphatic rings. The van der Waals surface area contributed by atoms with Crippen LogP contribution in [0.5, 0.6) is 0 Å². The lowest BCUT2D eigenvalue weighted by atomic mass is 9.78. The Labute approximate surface area is 237 Å². The molecule has 1 atom stereocenters. The maximum atomic E-state index is 12.9. The minimum atomic E-state index is -0.509. The number of likely N-dealkylation sites (tertiary alicyclic amines) is 1. The summed E-state index contributed by atoms with van der Waals surface area (Å²) in [6.07, 6.45) is 2.40. The summed E-state index contributed by atoms with van der Waals surface area (Å²) in [4.78, 5) is 19.7. The first kappa shape index (κ1) is 27.0. The van der Waals surface area contributed by atoms with Gasteiger partial charge in [-0.25, -0.2) is 4.79 Å². The third-order valence-corrected chi connectivity index (χ3v) is 8.70. The van der Waals surface area contributed by atoms with Crippen LogP contribution in [0.15, 0.2) is 59.6 Å². The number of amides is 1. The highest BCUT2D eigenvalue weighted by molar-refractivity contribution is 6.62. The fourth-order valence-electron chi connectivity index (χ4n) is 5.82. The smallest absolute Gasteiger partial charge is 0.444 e. The maximum Gasteiger partial charge on any atom is 0.494 e. The zero-order chi connectivity index (χ0) is 28.4. The second kappa shape index (κ2) is 9.46. The van der Waals surface area contributed by atoms with Crippen molar-refractivity contribution in [2.75, 3.05) is 6.54 Å². The third-order valence-electron chi connectivity index (χ3n) is 8.70. The van der Waals surface area contributed by atoms with Gasteiger partial charge in [0.1, 0.15) is 5.60 Å². The number of rotatable bonds is 3. The number of carbonyl (C=O) groups is 1. The highest BCUT2D eigenvalue weighted by Gasteiger charge is 2.51. The second-order valence-corrected chi connectivity index (χ2v) is 13.4. The molecule has 3 aliphatic heterocycles. The quantitative estimate of drug-likeness (QED) is 0.343. The molecule has 2 saturated heterocycles. The number of fused-ring (bicyclic) bond motifs is 2. The molecule has 0 aromatic heterocycles. The van der Waals surface area contributed by atoms with Crippen molar-refractivity contribution >= 4 is 40.8 Å². The Morgan fingerprint density at radius 2 is 1.62 bits per heavy atom. The first-order chi connectivity index (χ1) is 18.8. The van der Waals surface area contributed by atoms with Gasteiger partial charge >= 0.3 is 13.2 Å². The first-order valence-corrected chi connectivity index (χ1v) is 14.4. The lowest BCUT2D eigenvalue weighted by Crippen LogP contribution is -2.43. The molecule has 0 spiro atoms. The van der Waals surface area contributed by atoms with Crippen LogP contribution in [0.3, 0.4) is 0 Å². The molecule has 3 aromatic rings. The summed E-state index contributed by atoms with van der Waals surface area (Å²) in [6, 6.07) is 19.5. The number of benzene rings is 3. The SMILES string of the molecule is CC(C)(C)OC(=O)N1CCC[C@H]1C1=Nc2ccc(-c3ccc4ccc(B5OC(C)(C)C(C)(C)O5)cc4c3)cc2C1. The van der Waals surface area contributed by atoms with Crippen molar-refractivity contribution in [1.29, 1.82) is 0 Å². The Balaban J connectivity index is 1.22. The van der Waals surface area contributed by atoms with Gasteiger partial charge in [0.2, 0.25) is 0 Å². The fraction of sp³-hybridized carbons (Fsp3) is 0.455. The van der Waals surface area contributed by atoms with Crippen molar-refractivity contribution in [1.82, 2.24) is 4.90 Å². The number of hydrogen-bond acceptors (Lipinski definition) is 5. The molecular weight excluding hydrogens is 499 g/mol. The van der Waals surface area contributed by atoms with Crippen molar-refractivity contribution in [3.63, 3.8) is 0 Å². The van der Waals surface area contributed by atoms with Crippen molar-refractivity contribution < 1.29 is 18.8 Å². The van der Waals surface area contributed by atoms with Crippen LogP contribution in [-0.2, 0) is 20.5 Å². The molecular formula is C33H39BN2O4. The number of nitrogens with zero attached hydrogens (tertiary/aromatic N) is 2. The van der Waals surface area contributed by atoms with Crippen LogP contribution in [0, 0.1) is 0 Å². The van der Waals surface area contributed by atoms with Crippen LogP contribution in [-0.4, -0.2) is 53.2 Å². The summed E-state index contributed by atoms with van der Waals surface area (Å²) in [6.45, 7) is 14.8. The molecule has 0 saturated carbocycles. The van der Waals surface area contributed by atoms with Gasteiger partial charge in [0, 0.05) is 18.7 Å². The minimum absolute atomic E-state index is 0.000213. The standard InChI is InChI=1S/C33H39BN2O4/c1-31(2,3)38-30(37)36-16-8-9-29(36)28-20-25-18-23(13-15-27(25)35-28)22-11-10-21-12-14-26(19-24(21)17-22)34-39-32(4,5)33(6,7)40-34/h10-15,17-19,29H,8-9,16,20H2,1-7H3/t29-/m0/s1. The average molecular weight is 538 g/mol. The zero-order valence-corrected chi connectivity index (χ0v) is 24.7. The van der Waals surface area contributed by atoms with Gasteiger partial charge in [-0.1, -0.05) is 36.4 Å². The predicted octanol–water partition coefficient (Wildman–Crippen LogP) is 6.83. The van der Waals surface area contributed by atoms with E-state index in [0.29, 0.717) is 6.54 Å². The molecule has 0 bridgehead atoms. The van der Waals surface area contributed by atoms with E-state index >= 15 is 0 Å². The molecule has 208 valence electrons. The molecule has 0 N–H and O–H groups in total. The molecule has 0 unspecified atom stereocenters. The normalized spacial score (nSPS) is 21.6. The van der Waals surface area contributed by atoms with Gasteiger partial charge in [0.15, 0.2) is 0 Å². The summed E-state index contributed by atoms with van der Waals surface area (Å²) in [5.74, 6) is 0. The second-order valence-electron chi connectivity index (χ2n) is 13.4. The molecule has 2 fully saturated rings. The largest absolute Gasteiger partial charge is 0.494 e. The van der Waals surface area contributed by atoms with Gasteiger partial charge in [-0.15, -0.1) is 0 Å². The number of aliphatic imine (C=N–C) groups is 1. The number of carbonyl (C=O) groups excluding carboxylic acids is 1. The van der Waals surface area contributed by atoms with Crippen molar-refractivity contribution in [2.45, 2.75) is 90.6 Å². The highest BCUT2D eigenvalue weighted by Crippen LogP contribution is 2.38. The van der Waals surface area contributed by atoms with E-state index in [4.69, 9.17) is 19.0 Å². The third kappa shape index (κ3) is 4.94. The Hall–Kier alpha value is -3.16. The highest BCUT2D eigenvalue weighted by atomic mass is 16.7. The van der Waals surface area contributed by atoms with Gasteiger partial charge in [-0.3, -0.25) is 9.89 Å². The van der Waals surface area contributed by atoms with E-state index in [0.717, 1.165) is 52.6 Å². The molecule has 6 rings (SSSR count). The molecule has 40 heavy (non-hydrogen) atoms. The molecule has 0 aliphatic carbocycles. The van der Waals surface area contributed by atoms with Crippen LogP contribution in [0.4, 0.5) is 10.5 Å². The fourth-order valence-corrected chi connectivity index (χ4v) is 5.82. The van der Waals surface area contributed by atoms with Gasteiger partial charge in [0.05, 0.1) is 22.9 Å². The Bertz CT molecular complexity index is 1500. The summed E-state index contributed by atoms with van der Waals surface area (Å²) < 4.78 is 18.3. The van der Waals surface area contributed by atoms with Gasteiger partial charge in [-0.2, -0.15) is 0 Å². The summed E-state index contributed by atoms with van der Waals surface area (Å²) in [7, 11) is -0.385. The van der Waals surface area contributed by atoms with E-state index in [-0.39, 0.29) is 30.5 Å². The van der Waals surface area contributed by atoms with Crippen molar-refractivity contribution in [3.8, 4) is 11.1 Å². The van der Waals surface area contributed by atoms with E-state index in [9.17, 15) is 4.79 Å². The van der Waals surface area contributed by atoms with Crippen LogP contribution in [0.25, 0.3) is 21.9 Å². The topological polar surface area (TPSA) is 60.4 Å². The molecule has 3 heterocycles. The number of ether oxygens (including phenoxy) is 1. The van der Waals surface area contributed by atoms with E-state index in [1.54, 1.807) is 0 Å². The van der Waals surface area contributed by atoms with Crippen LogP contribution < -0.4 is 5.46 Å². The molecule has 7 heteroatoms. The molecule has 0 radical (unpaired) electrons. The van der Waals surface area contributed by atoms with E-state index in [1.807, 2.05) is 25.7 Å². The van der Waals surface area contributed by atoms with Crippen molar-refractivity contribution in [2.24, 2.45) is 4.99 Å². The lowest BCUT2D eigenvalue weighted by molar-refractivity contribution is 0.00578. The summed E-state index contributed by atoms with van der Waals surface area (Å²) >= 11 is 0. The molecule has 1 amide bonds. The van der Waals surface area contributed by atoms with E-state index < -0.39 is 5.60 Å². The zero-order valence-electron chi connectivity index (χ0n) is 24.7. The van der Waals surface area contributed by atoms with Gasteiger partial charge < -0.3 is 14.0 Å². The Morgan fingerprint density at radius 1 is 0.950 bits per heavy atom. The number of hydrogen-bond donors (Lipinski definition) is 0. The summed E-state index contributed by atoms with van der Waals surface area (Å²) in [5.41, 5.74) is 5.35. The van der Waals surface area contributed by atoms with Crippen molar-refractivity contribution in [3.05, 3.63) is 60.2 Å². The monoisotopic (exact) mass is 538 g/mol. The van der Waals surface area contributed by atoms with E-state index in [1.165, 1.54) is 10.9 Å².